The number of hydrogen-bond donors (Lipinski definition) is 2. The molecule has 0 aliphatic heterocycles. The third kappa shape index (κ3) is 3.71. The number of carbonyl (C=O) groups excluding carboxylic acids is 1. The molecular weight excluding hydrogens is 290 g/mol. The Morgan fingerprint density at radius 3 is 2.33 bits per heavy atom. The minimum atomic E-state index is -1.52. The summed E-state index contributed by atoms with van der Waals surface area (Å²) in [6.07, 6.45) is 0. The Balaban J connectivity index is 3.19. The van der Waals surface area contributed by atoms with Crippen LogP contribution in [0.25, 0.3) is 0 Å². The molecule has 0 saturated heterocycles. The van der Waals surface area contributed by atoms with Crippen LogP contribution in [0.4, 0.5) is 14.5 Å². The molecule has 0 aromatic heterocycles. The van der Waals surface area contributed by atoms with Gasteiger partial charge in [0.2, 0.25) is 5.82 Å². The molecule has 2 N–H and O–H groups in total. The fourth-order valence-electron chi connectivity index (χ4n) is 1.61. The molecule has 0 fully saturated rings. The lowest BCUT2D eigenvalue weighted by molar-refractivity contribution is -0.387. The molecule has 1 rings (SSSR count). The van der Waals surface area contributed by atoms with Crippen molar-refractivity contribution in [1.82, 2.24) is 5.32 Å². The second-order valence-electron chi connectivity index (χ2n) is 4.58. The Morgan fingerprint density at radius 2 is 1.90 bits per heavy atom. The molecule has 7 nitrogen and oxygen atoms in total. The average Bonchev–Trinajstić information content (AvgIpc) is 2.36. The third-order valence-corrected chi connectivity index (χ3v) is 2.68. The highest BCUT2D eigenvalue weighted by atomic mass is 19.1. The number of aliphatic carboxylic acids is 1. The second kappa shape index (κ2) is 6.25. The number of rotatable bonds is 5. The van der Waals surface area contributed by atoms with Gasteiger partial charge in [-0.2, -0.15) is 4.39 Å². The highest BCUT2D eigenvalue weighted by molar-refractivity contribution is 5.97. The van der Waals surface area contributed by atoms with Gasteiger partial charge in [-0.1, -0.05) is 13.8 Å². The first-order valence-electron chi connectivity index (χ1n) is 5.82. The predicted molar refractivity (Wildman–Crippen MR) is 66.7 cm³/mol. The molecule has 0 radical (unpaired) electrons. The number of nitrogens with zero attached hydrogens (tertiary/aromatic N) is 1. The minimum absolute atomic E-state index is 0.337. The molecule has 21 heavy (non-hydrogen) atoms. The van der Waals surface area contributed by atoms with Gasteiger partial charge in [0.15, 0.2) is 0 Å². The molecule has 0 spiro atoms. The van der Waals surface area contributed by atoms with E-state index in [0.29, 0.717) is 12.1 Å². The molecule has 1 atom stereocenters. The summed E-state index contributed by atoms with van der Waals surface area (Å²) in [5.74, 6) is -5.81. The monoisotopic (exact) mass is 302 g/mol. The number of nitro benzene ring substituents is 1. The largest absolute Gasteiger partial charge is 0.480 e. The van der Waals surface area contributed by atoms with Crippen LogP contribution in [0.1, 0.15) is 24.2 Å². The lowest BCUT2D eigenvalue weighted by atomic mass is 10.0. The number of carboxylic acid groups (broad SMARTS) is 1. The van der Waals surface area contributed by atoms with Gasteiger partial charge in [-0.05, 0) is 12.0 Å². The molecule has 9 heteroatoms. The number of carbonyl (C=O) groups is 2. The molecule has 0 aliphatic carbocycles. The average molecular weight is 302 g/mol. The lowest BCUT2D eigenvalue weighted by Crippen LogP contribution is -2.44. The van der Waals surface area contributed by atoms with Crippen LogP contribution in [0.15, 0.2) is 12.1 Å². The summed E-state index contributed by atoms with van der Waals surface area (Å²) in [6.45, 7) is 3.01. The van der Waals surface area contributed by atoms with Gasteiger partial charge in [0.05, 0.1) is 16.6 Å². The molecule has 0 saturated carbocycles. The van der Waals surface area contributed by atoms with E-state index < -0.39 is 51.6 Å². The van der Waals surface area contributed by atoms with Crippen LogP contribution in [0.3, 0.4) is 0 Å². The maximum atomic E-state index is 13.8. The molecule has 1 aromatic carbocycles. The van der Waals surface area contributed by atoms with E-state index in [1.54, 1.807) is 0 Å². The Kier molecular flexibility index (Phi) is 4.90. The summed E-state index contributed by atoms with van der Waals surface area (Å²) in [5.41, 5.74) is -2.12. The lowest BCUT2D eigenvalue weighted by Gasteiger charge is -2.18. The molecule has 0 unspecified atom stereocenters. The molecule has 114 valence electrons. The Morgan fingerprint density at radius 1 is 1.33 bits per heavy atom. The van der Waals surface area contributed by atoms with Crippen molar-refractivity contribution in [2.24, 2.45) is 5.92 Å². The van der Waals surface area contributed by atoms with Gasteiger partial charge >= 0.3 is 11.7 Å². The van der Waals surface area contributed by atoms with Crippen molar-refractivity contribution in [2.45, 2.75) is 19.9 Å². The van der Waals surface area contributed by atoms with Gasteiger partial charge in [0.1, 0.15) is 11.9 Å². The summed E-state index contributed by atoms with van der Waals surface area (Å²) in [6, 6.07) is -0.528. The van der Waals surface area contributed by atoms with Gasteiger partial charge in [0, 0.05) is 0 Å². The molecule has 1 amide bonds. The normalized spacial score (nSPS) is 12.0. The van der Waals surface area contributed by atoms with E-state index >= 15 is 0 Å². The van der Waals surface area contributed by atoms with Gasteiger partial charge in [-0.3, -0.25) is 14.9 Å². The number of halogens is 2. The molecular formula is C12H12F2N2O5. The maximum Gasteiger partial charge on any atom is 0.326 e. The van der Waals surface area contributed by atoms with Gasteiger partial charge in [-0.25, -0.2) is 9.18 Å². The summed E-state index contributed by atoms with van der Waals surface area (Å²) in [5, 5.41) is 21.5. The number of amides is 1. The van der Waals surface area contributed by atoms with Crippen molar-refractivity contribution in [1.29, 1.82) is 0 Å². The maximum absolute atomic E-state index is 13.8. The highest BCUT2D eigenvalue weighted by Gasteiger charge is 2.28. The number of nitro groups is 1. The van der Waals surface area contributed by atoms with E-state index in [0.717, 1.165) is 0 Å². The first kappa shape index (κ1) is 16.5. The van der Waals surface area contributed by atoms with Crippen molar-refractivity contribution >= 4 is 17.6 Å². The van der Waals surface area contributed by atoms with E-state index in [1.807, 2.05) is 5.32 Å². The van der Waals surface area contributed by atoms with Crippen molar-refractivity contribution in [3.63, 3.8) is 0 Å². The van der Waals surface area contributed by atoms with Crippen LogP contribution >= 0.6 is 0 Å². The smallest absolute Gasteiger partial charge is 0.326 e. The highest BCUT2D eigenvalue weighted by Crippen LogP contribution is 2.22. The van der Waals surface area contributed by atoms with E-state index in [-0.39, 0.29) is 0 Å². The van der Waals surface area contributed by atoms with E-state index in [4.69, 9.17) is 5.11 Å². The van der Waals surface area contributed by atoms with Crippen LogP contribution in [0, 0.1) is 27.7 Å². The topological polar surface area (TPSA) is 110 Å². The van der Waals surface area contributed by atoms with E-state index in [1.165, 1.54) is 13.8 Å². The quantitative estimate of drug-likeness (QED) is 0.635. The van der Waals surface area contributed by atoms with Gasteiger partial charge in [0.25, 0.3) is 5.91 Å². The summed E-state index contributed by atoms with van der Waals surface area (Å²) >= 11 is 0. The molecule has 0 heterocycles. The zero-order valence-corrected chi connectivity index (χ0v) is 11.1. The number of hydrogen-bond acceptors (Lipinski definition) is 4. The van der Waals surface area contributed by atoms with Crippen LogP contribution in [0.2, 0.25) is 0 Å². The van der Waals surface area contributed by atoms with Crippen LogP contribution < -0.4 is 5.32 Å². The van der Waals surface area contributed by atoms with Gasteiger partial charge < -0.3 is 10.4 Å². The molecule has 1 aromatic rings. The molecule has 0 bridgehead atoms. The van der Waals surface area contributed by atoms with Crippen LogP contribution in [0.5, 0.6) is 0 Å². The van der Waals surface area contributed by atoms with Crippen molar-refractivity contribution in [3.8, 4) is 0 Å². The Labute approximate surface area is 117 Å². The Bertz CT molecular complexity index is 604. The van der Waals surface area contributed by atoms with Crippen molar-refractivity contribution < 1.29 is 28.4 Å². The van der Waals surface area contributed by atoms with E-state index in [2.05, 4.69) is 0 Å². The third-order valence-electron chi connectivity index (χ3n) is 2.68. The zero-order chi connectivity index (χ0) is 16.3. The molecule has 0 aliphatic rings. The fraction of sp³-hybridized carbons (Fsp3) is 0.333. The number of benzene rings is 1. The minimum Gasteiger partial charge on any atom is -0.480 e. The van der Waals surface area contributed by atoms with Crippen molar-refractivity contribution in [2.75, 3.05) is 0 Å². The number of carboxylic acids is 1. The summed E-state index contributed by atoms with van der Waals surface area (Å²) in [4.78, 5) is 32.1. The fourth-order valence-corrected chi connectivity index (χ4v) is 1.61. The summed E-state index contributed by atoms with van der Waals surface area (Å²) < 4.78 is 27.0. The predicted octanol–water partition coefficient (Wildman–Crippen LogP) is 1.71. The standard InChI is InChI=1S/C12H12F2N2O5/c1-5(2)10(12(18)19)15-11(17)7-3-6(13)4-8(9(7)14)16(20)21/h3-5,10H,1-2H3,(H,15,17)(H,18,19)/t10-/m1/s1. The van der Waals surface area contributed by atoms with Crippen LogP contribution in [-0.2, 0) is 4.79 Å². The SMILES string of the molecule is CC(C)[C@@H](NC(=O)c1cc(F)cc([N+](=O)[O-])c1F)C(=O)O. The zero-order valence-electron chi connectivity index (χ0n) is 11.1. The summed E-state index contributed by atoms with van der Waals surface area (Å²) in [7, 11) is 0. The first-order valence-corrected chi connectivity index (χ1v) is 5.82. The second-order valence-corrected chi connectivity index (χ2v) is 4.58. The Hall–Kier alpha value is -2.58. The number of nitrogens with one attached hydrogen (secondary N) is 1. The van der Waals surface area contributed by atoms with E-state index in [9.17, 15) is 28.5 Å². The van der Waals surface area contributed by atoms with Crippen molar-refractivity contribution in [3.05, 3.63) is 39.4 Å². The van der Waals surface area contributed by atoms with Crippen LogP contribution in [-0.4, -0.2) is 27.9 Å². The van der Waals surface area contributed by atoms with Gasteiger partial charge in [-0.15, -0.1) is 0 Å². The first-order chi connectivity index (χ1) is 9.65.